The van der Waals surface area contributed by atoms with Gasteiger partial charge in [0.25, 0.3) is 0 Å². The summed E-state index contributed by atoms with van der Waals surface area (Å²) >= 11 is 0. The first kappa shape index (κ1) is 18.7. The Balaban J connectivity index is 1.94. The Kier molecular flexibility index (Phi) is 5.55. The van der Waals surface area contributed by atoms with Gasteiger partial charge < -0.3 is 10.1 Å². The van der Waals surface area contributed by atoms with Gasteiger partial charge in [-0.15, -0.1) is 0 Å². The number of sulfonamides is 1. The van der Waals surface area contributed by atoms with E-state index in [1.807, 2.05) is 33.8 Å². The smallest absolute Gasteiger partial charge is 0.407 e. The molecule has 0 radical (unpaired) electrons. The molecule has 1 amide bonds. The lowest BCUT2D eigenvalue weighted by molar-refractivity contribution is 0.0489. The lowest BCUT2D eigenvalue weighted by atomic mass is 10.1. The molecule has 0 spiro atoms. The van der Waals surface area contributed by atoms with Crippen molar-refractivity contribution in [2.24, 2.45) is 0 Å². The molecule has 1 aliphatic heterocycles. The van der Waals surface area contributed by atoms with E-state index in [1.54, 1.807) is 18.2 Å². The molecule has 0 unspecified atom stereocenters. The van der Waals surface area contributed by atoms with Crippen molar-refractivity contribution >= 4 is 16.1 Å². The summed E-state index contributed by atoms with van der Waals surface area (Å²) in [6, 6.07) is 6.85. The van der Waals surface area contributed by atoms with Crippen LogP contribution in [0.25, 0.3) is 0 Å². The van der Waals surface area contributed by atoms with E-state index in [-0.39, 0.29) is 6.04 Å². The van der Waals surface area contributed by atoms with Gasteiger partial charge in [0.15, 0.2) is 0 Å². The van der Waals surface area contributed by atoms with Crippen LogP contribution in [0.2, 0.25) is 0 Å². The van der Waals surface area contributed by atoms with Crippen LogP contribution < -0.4 is 5.32 Å². The number of carbonyl (C=O) groups excluding carboxylic acids is 1. The summed E-state index contributed by atoms with van der Waals surface area (Å²) in [5.41, 5.74) is 0.372. The second-order valence-corrected chi connectivity index (χ2v) is 9.08. The highest BCUT2D eigenvalue weighted by atomic mass is 32.2. The van der Waals surface area contributed by atoms with Crippen LogP contribution in [0.4, 0.5) is 4.79 Å². The topological polar surface area (TPSA) is 75.7 Å². The van der Waals surface area contributed by atoms with Crippen LogP contribution in [0.3, 0.4) is 0 Å². The first-order valence-corrected chi connectivity index (χ1v) is 9.58. The number of amides is 1. The van der Waals surface area contributed by atoms with Gasteiger partial charge in [0.05, 0.1) is 4.90 Å². The third-order valence-electron chi connectivity index (χ3n) is 3.80. The van der Waals surface area contributed by atoms with Crippen molar-refractivity contribution in [3.63, 3.8) is 0 Å². The Hall–Kier alpha value is -1.60. The molecule has 1 heterocycles. The number of nitrogens with one attached hydrogen (secondary N) is 1. The molecule has 1 fully saturated rings. The Labute approximate surface area is 144 Å². The predicted molar refractivity (Wildman–Crippen MR) is 92.3 cm³/mol. The Bertz CT molecular complexity index is 687. The molecule has 0 aliphatic carbocycles. The van der Waals surface area contributed by atoms with Crippen molar-refractivity contribution in [3.05, 3.63) is 29.8 Å². The van der Waals surface area contributed by atoms with Gasteiger partial charge in [-0.1, -0.05) is 12.1 Å². The van der Waals surface area contributed by atoms with Gasteiger partial charge in [-0.3, -0.25) is 0 Å². The lowest BCUT2D eigenvalue weighted by Gasteiger charge is -2.32. The highest BCUT2D eigenvalue weighted by Crippen LogP contribution is 2.21. The van der Waals surface area contributed by atoms with Crippen molar-refractivity contribution in [2.45, 2.75) is 57.1 Å². The number of hydrogen-bond acceptors (Lipinski definition) is 4. The molecule has 6 nitrogen and oxygen atoms in total. The minimum Gasteiger partial charge on any atom is -0.444 e. The summed E-state index contributed by atoms with van der Waals surface area (Å²) in [6.07, 6.45) is 0.691. The van der Waals surface area contributed by atoms with Crippen LogP contribution in [-0.4, -0.2) is 43.5 Å². The molecule has 24 heavy (non-hydrogen) atoms. The standard InChI is InChI=1S/C17H26N2O4S/c1-13-6-5-7-15(12-13)24(21,22)19-10-8-14(9-11-19)18-16(20)23-17(2,3)4/h5-7,12,14H,8-11H2,1-4H3,(H,18,20). The monoisotopic (exact) mass is 354 g/mol. The number of aryl methyl sites for hydroxylation is 1. The van der Waals surface area contributed by atoms with E-state index in [1.165, 1.54) is 4.31 Å². The van der Waals surface area contributed by atoms with Crippen molar-refractivity contribution in [1.29, 1.82) is 0 Å². The minimum absolute atomic E-state index is 0.0659. The molecule has 1 N–H and O–H groups in total. The first-order chi connectivity index (χ1) is 11.1. The highest BCUT2D eigenvalue weighted by Gasteiger charge is 2.30. The molecule has 1 aromatic rings. The number of rotatable bonds is 3. The van der Waals surface area contributed by atoms with Gasteiger partial charge in [0.1, 0.15) is 5.60 Å². The molecule has 0 bridgehead atoms. The summed E-state index contributed by atoms with van der Waals surface area (Å²) < 4.78 is 32.1. The first-order valence-electron chi connectivity index (χ1n) is 8.14. The zero-order chi connectivity index (χ0) is 18.0. The van der Waals surface area contributed by atoms with E-state index in [9.17, 15) is 13.2 Å². The van der Waals surface area contributed by atoms with Crippen LogP contribution >= 0.6 is 0 Å². The third kappa shape index (κ3) is 4.95. The Morgan fingerprint density at radius 2 is 1.88 bits per heavy atom. The summed E-state index contributed by atoms with van der Waals surface area (Å²) in [6.45, 7) is 8.07. The molecule has 0 saturated carbocycles. The quantitative estimate of drug-likeness (QED) is 0.905. The van der Waals surface area contributed by atoms with Gasteiger partial charge in [-0.2, -0.15) is 4.31 Å². The maximum absolute atomic E-state index is 12.7. The average Bonchev–Trinajstić information content (AvgIpc) is 2.45. The molecule has 1 aliphatic rings. The second kappa shape index (κ2) is 7.11. The van der Waals surface area contributed by atoms with Crippen molar-refractivity contribution < 1.29 is 17.9 Å². The normalized spacial score (nSPS) is 17.5. The fraction of sp³-hybridized carbons (Fsp3) is 0.588. The maximum atomic E-state index is 12.7. The number of piperidine rings is 1. The van der Waals surface area contributed by atoms with Gasteiger partial charge in [-0.25, -0.2) is 13.2 Å². The predicted octanol–water partition coefficient (Wildman–Crippen LogP) is 2.67. The fourth-order valence-electron chi connectivity index (χ4n) is 2.64. The average molecular weight is 354 g/mol. The number of nitrogens with zero attached hydrogens (tertiary/aromatic N) is 1. The van der Waals surface area contributed by atoms with Gasteiger partial charge in [-0.05, 0) is 58.2 Å². The SMILES string of the molecule is Cc1cccc(S(=O)(=O)N2CCC(NC(=O)OC(C)(C)C)CC2)c1. The van der Waals surface area contributed by atoms with E-state index in [0.717, 1.165) is 5.56 Å². The number of ether oxygens (including phenoxy) is 1. The van der Waals surface area contributed by atoms with E-state index < -0.39 is 21.7 Å². The summed E-state index contributed by atoms with van der Waals surface area (Å²) in [7, 11) is -3.48. The molecule has 134 valence electrons. The van der Waals surface area contributed by atoms with E-state index in [4.69, 9.17) is 4.74 Å². The third-order valence-corrected chi connectivity index (χ3v) is 5.70. The fourth-order valence-corrected chi connectivity index (χ4v) is 4.21. The van der Waals surface area contributed by atoms with E-state index in [0.29, 0.717) is 30.8 Å². The zero-order valence-corrected chi connectivity index (χ0v) is 15.5. The van der Waals surface area contributed by atoms with Crippen LogP contribution in [0.5, 0.6) is 0 Å². The lowest BCUT2D eigenvalue weighted by Crippen LogP contribution is -2.47. The molecule has 1 aromatic carbocycles. The van der Waals surface area contributed by atoms with Gasteiger partial charge >= 0.3 is 6.09 Å². The number of carbonyl (C=O) groups is 1. The summed E-state index contributed by atoms with van der Waals surface area (Å²) in [5.74, 6) is 0. The second-order valence-electron chi connectivity index (χ2n) is 7.14. The number of benzene rings is 1. The highest BCUT2D eigenvalue weighted by molar-refractivity contribution is 7.89. The number of hydrogen-bond donors (Lipinski definition) is 1. The van der Waals surface area contributed by atoms with Crippen molar-refractivity contribution in [1.82, 2.24) is 9.62 Å². The molecule has 1 saturated heterocycles. The zero-order valence-electron chi connectivity index (χ0n) is 14.7. The van der Waals surface area contributed by atoms with Crippen molar-refractivity contribution in [3.8, 4) is 0 Å². The van der Waals surface area contributed by atoms with Crippen LogP contribution in [0, 0.1) is 6.92 Å². The van der Waals surface area contributed by atoms with E-state index >= 15 is 0 Å². The molecule has 7 heteroatoms. The Morgan fingerprint density at radius 3 is 2.42 bits per heavy atom. The largest absolute Gasteiger partial charge is 0.444 e. The Morgan fingerprint density at radius 1 is 1.25 bits per heavy atom. The molecule has 0 aromatic heterocycles. The van der Waals surface area contributed by atoms with E-state index in [2.05, 4.69) is 5.32 Å². The van der Waals surface area contributed by atoms with Crippen molar-refractivity contribution in [2.75, 3.05) is 13.1 Å². The van der Waals surface area contributed by atoms with Gasteiger partial charge in [0, 0.05) is 19.1 Å². The summed E-state index contributed by atoms with van der Waals surface area (Å²) in [4.78, 5) is 12.1. The maximum Gasteiger partial charge on any atom is 0.407 e. The van der Waals surface area contributed by atoms with Crippen LogP contribution in [0.15, 0.2) is 29.2 Å². The molecular weight excluding hydrogens is 328 g/mol. The number of alkyl carbamates (subject to hydrolysis) is 1. The minimum atomic E-state index is -3.48. The van der Waals surface area contributed by atoms with Gasteiger partial charge in [0.2, 0.25) is 10.0 Å². The molecule has 0 atom stereocenters. The molecular formula is C17H26N2O4S. The van der Waals surface area contributed by atoms with Crippen LogP contribution in [0.1, 0.15) is 39.2 Å². The molecule has 2 rings (SSSR count). The summed E-state index contributed by atoms with van der Waals surface area (Å²) in [5, 5.41) is 2.81. The van der Waals surface area contributed by atoms with Crippen LogP contribution in [-0.2, 0) is 14.8 Å².